The predicted octanol–water partition coefficient (Wildman–Crippen LogP) is 4.13. The molecule has 3 aromatic carbocycles. The molecule has 3 aromatic rings. The van der Waals surface area contributed by atoms with Gasteiger partial charge in [-0.15, -0.1) is 0 Å². The lowest BCUT2D eigenvalue weighted by Crippen LogP contribution is -2.49. The van der Waals surface area contributed by atoms with Gasteiger partial charge in [-0.1, -0.05) is 34.1 Å². The normalized spacial score (nSPS) is 15.2. The number of halogens is 1. The number of anilines is 2. The van der Waals surface area contributed by atoms with Gasteiger partial charge in [0.2, 0.25) is 11.0 Å². The van der Waals surface area contributed by atoms with Crippen molar-refractivity contribution in [2.75, 3.05) is 17.3 Å². The summed E-state index contributed by atoms with van der Waals surface area (Å²) < 4.78 is 5.95. The van der Waals surface area contributed by atoms with Crippen molar-refractivity contribution in [1.29, 1.82) is 0 Å². The quantitative estimate of drug-likeness (QED) is 0.428. The van der Waals surface area contributed by atoms with Crippen LogP contribution in [0.3, 0.4) is 0 Å². The van der Waals surface area contributed by atoms with E-state index in [0.29, 0.717) is 22.7 Å². The monoisotopic (exact) mass is 552 g/mol. The molecular weight excluding hydrogens is 532 g/mol. The van der Waals surface area contributed by atoms with Crippen LogP contribution in [0.1, 0.15) is 16.8 Å². The maximum Gasteiger partial charge on any atom is 0.269 e. The van der Waals surface area contributed by atoms with Crippen LogP contribution in [0.25, 0.3) is 0 Å². The number of thiocarbonyl (C=S) groups is 1. The van der Waals surface area contributed by atoms with Crippen LogP contribution in [0.2, 0.25) is 0 Å². The summed E-state index contributed by atoms with van der Waals surface area (Å²) in [6.07, 6.45) is -0.227. The molecule has 35 heavy (non-hydrogen) atoms. The van der Waals surface area contributed by atoms with Crippen LogP contribution in [-0.4, -0.2) is 41.0 Å². The molecule has 1 unspecified atom stereocenters. The topological polar surface area (TPSA) is 91.0 Å². The van der Waals surface area contributed by atoms with Crippen LogP contribution in [0, 0.1) is 0 Å². The molecule has 8 nitrogen and oxygen atoms in total. The molecule has 3 amide bonds. The third-order valence-electron chi connectivity index (χ3n) is 5.31. The van der Waals surface area contributed by atoms with Crippen LogP contribution >= 0.6 is 28.1 Å². The van der Waals surface area contributed by atoms with E-state index >= 15 is 0 Å². The number of hydrogen-bond acceptors (Lipinski definition) is 5. The Morgan fingerprint density at radius 3 is 2.29 bits per heavy atom. The number of carbonyl (C=O) groups is 3. The van der Waals surface area contributed by atoms with Crippen molar-refractivity contribution in [3.8, 4) is 5.75 Å². The molecule has 10 heteroatoms. The molecule has 0 spiro atoms. The van der Waals surface area contributed by atoms with Crippen LogP contribution in [0.5, 0.6) is 5.75 Å². The highest BCUT2D eigenvalue weighted by molar-refractivity contribution is 9.10. The molecule has 0 aromatic heterocycles. The van der Waals surface area contributed by atoms with Gasteiger partial charge in [0, 0.05) is 15.7 Å². The molecule has 1 heterocycles. The molecule has 1 saturated heterocycles. The Balaban J connectivity index is 1.57. The van der Waals surface area contributed by atoms with E-state index in [9.17, 15) is 14.4 Å². The van der Waals surface area contributed by atoms with Crippen molar-refractivity contribution < 1.29 is 19.1 Å². The van der Waals surface area contributed by atoms with E-state index in [1.165, 1.54) is 9.91 Å². The van der Waals surface area contributed by atoms with Gasteiger partial charge in [0.25, 0.3) is 11.8 Å². The van der Waals surface area contributed by atoms with Gasteiger partial charge in [0.1, 0.15) is 11.8 Å². The zero-order chi connectivity index (χ0) is 24.9. The maximum absolute atomic E-state index is 13.4. The summed E-state index contributed by atoms with van der Waals surface area (Å²) in [6, 6.07) is 21.4. The fourth-order valence-electron chi connectivity index (χ4n) is 3.55. The summed E-state index contributed by atoms with van der Waals surface area (Å²) in [5.74, 6) is -0.626. The molecule has 1 aliphatic rings. The number of rotatable bonds is 7. The Morgan fingerprint density at radius 2 is 1.66 bits per heavy atom. The minimum Gasteiger partial charge on any atom is -0.497 e. The molecule has 178 valence electrons. The van der Waals surface area contributed by atoms with Gasteiger partial charge in [0.15, 0.2) is 0 Å². The second-order valence-electron chi connectivity index (χ2n) is 7.61. The second kappa shape index (κ2) is 10.7. The van der Waals surface area contributed by atoms with Crippen LogP contribution < -0.4 is 20.4 Å². The van der Waals surface area contributed by atoms with Crippen molar-refractivity contribution in [2.45, 2.75) is 12.5 Å². The SMILES string of the molecule is COc1ccc(NC(=O)CC2C(=O)N(c3ccccc3)C(=S)N2NC(=O)c2ccc(Br)cc2)cc1. The van der Waals surface area contributed by atoms with Crippen molar-refractivity contribution in [2.24, 2.45) is 0 Å². The van der Waals surface area contributed by atoms with Crippen molar-refractivity contribution in [3.05, 3.63) is 88.9 Å². The van der Waals surface area contributed by atoms with Crippen molar-refractivity contribution in [3.63, 3.8) is 0 Å². The average Bonchev–Trinajstić information content (AvgIpc) is 3.09. The van der Waals surface area contributed by atoms with Gasteiger partial charge >= 0.3 is 0 Å². The summed E-state index contributed by atoms with van der Waals surface area (Å²) in [7, 11) is 1.55. The highest BCUT2D eigenvalue weighted by Gasteiger charge is 2.45. The summed E-state index contributed by atoms with van der Waals surface area (Å²) in [6.45, 7) is 0. The summed E-state index contributed by atoms with van der Waals surface area (Å²) in [5.41, 5.74) is 4.18. The summed E-state index contributed by atoms with van der Waals surface area (Å²) >= 11 is 8.90. The number of nitrogens with zero attached hydrogens (tertiary/aromatic N) is 2. The van der Waals surface area contributed by atoms with E-state index in [1.807, 2.05) is 6.07 Å². The molecule has 0 bridgehead atoms. The number of benzene rings is 3. The third-order valence-corrected chi connectivity index (χ3v) is 6.22. The summed E-state index contributed by atoms with van der Waals surface area (Å²) in [4.78, 5) is 40.5. The zero-order valence-corrected chi connectivity index (χ0v) is 21.0. The number of ether oxygens (including phenoxy) is 1. The zero-order valence-electron chi connectivity index (χ0n) is 18.6. The van der Waals surface area contributed by atoms with E-state index in [0.717, 1.165) is 4.47 Å². The Bertz CT molecular complexity index is 1250. The molecule has 0 saturated carbocycles. The highest BCUT2D eigenvalue weighted by atomic mass is 79.9. The lowest BCUT2D eigenvalue weighted by Gasteiger charge is -2.24. The number of methoxy groups -OCH3 is 1. The number of hydrogen-bond donors (Lipinski definition) is 2. The highest BCUT2D eigenvalue weighted by Crippen LogP contribution is 2.26. The van der Waals surface area contributed by atoms with Crippen molar-refractivity contribution in [1.82, 2.24) is 10.4 Å². The van der Waals surface area contributed by atoms with Gasteiger partial charge in [-0.25, -0.2) is 5.01 Å². The van der Waals surface area contributed by atoms with Crippen molar-refractivity contribution >= 4 is 62.4 Å². The number of para-hydroxylation sites is 1. The fourth-order valence-corrected chi connectivity index (χ4v) is 4.18. The van der Waals surface area contributed by atoms with Crippen LogP contribution in [0.15, 0.2) is 83.3 Å². The van der Waals surface area contributed by atoms with E-state index in [-0.39, 0.29) is 11.5 Å². The van der Waals surface area contributed by atoms with Gasteiger partial charge in [-0.2, -0.15) is 0 Å². The van der Waals surface area contributed by atoms with E-state index in [1.54, 1.807) is 79.9 Å². The number of amides is 3. The Morgan fingerprint density at radius 1 is 1.00 bits per heavy atom. The lowest BCUT2D eigenvalue weighted by molar-refractivity contribution is -0.124. The predicted molar refractivity (Wildman–Crippen MR) is 140 cm³/mol. The average molecular weight is 553 g/mol. The first-order chi connectivity index (χ1) is 16.9. The fraction of sp³-hybridized carbons (Fsp3) is 0.120. The largest absolute Gasteiger partial charge is 0.497 e. The van der Waals surface area contributed by atoms with Crippen LogP contribution in [-0.2, 0) is 9.59 Å². The molecule has 0 radical (unpaired) electrons. The van der Waals surface area contributed by atoms with Crippen LogP contribution in [0.4, 0.5) is 11.4 Å². The van der Waals surface area contributed by atoms with E-state index in [4.69, 9.17) is 17.0 Å². The Hall–Kier alpha value is -3.76. The van der Waals surface area contributed by atoms with E-state index < -0.39 is 23.8 Å². The summed E-state index contributed by atoms with van der Waals surface area (Å²) in [5, 5.41) is 4.13. The first-order valence-electron chi connectivity index (χ1n) is 10.6. The molecule has 0 aliphatic carbocycles. The number of carbonyl (C=O) groups excluding carboxylic acids is 3. The molecule has 1 fully saturated rings. The molecule has 1 aliphatic heterocycles. The second-order valence-corrected chi connectivity index (χ2v) is 8.89. The minimum absolute atomic E-state index is 0.0777. The van der Waals surface area contributed by atoms with Gasteiger partial charge in [-0.05, 0) is 72.9 Å². The van der Waals surface area contributed by atoms with E-state index in [2.05, 4.69) is 26.7 Å². The standard InChI is InChI=1S/C25H21BrN4O4S/c1-34-20-13-11-18(12-14-20)27-22(31)15-21-24(33)29(19-5-3-2-4-6-19)25(35)30(21)28-23(32)16-7-9-17(26)10-8-16/h2-14,21H,15H2,1H3,(H,27,31)(H,28,32). The smallest absolute Gasteiger partial charge is 0.269 e. The lowest BCUT2D eigenvalue weighted by atomic mass is 10.1. The molecule has 4 rings (SSSR count). The first kappa shape index (κ1) is 24.4. The number of hydrazine groups is 1. The molecular formula is C25H21BrN4O4S. The molecule has 1 atom stereocenters. The first-order valence-corrected chi connectivity index (χ1v) is 11.8. The van der Waals surface area contributed by atoms with Gasteiger partial charge in [0.05, 0.1) is 19.2 Å². The van der Waals surface area contributed by atoms with Gasteiger partial charge in [-0.3, -0.25) is 24.7 Å². The maximum atomic E-state index is 13.4. The third kappa shape index (κ3) is 5.50. The minimum atomic E-state index is -1.03. The van der Waals surface area contributed by atoms with Gasteiger partial charge < -0.3 is 10.1 Å². The Labute approximate surface area is 216 Å². The number of nitrogens with one attached hydrogen (secondary N) is 2. The molecule has 2 N–H and O–H groups in total. The Kier molecular flexibility index (Phi) is 7.42.